The third-order valence-electron chi connectivity index (χ3n) is 4.08. The summed E-state index contributed by atoms with van der Waals surface area (Å²) in [7, 11) is 1.91. The molecule has 0 unspecified atom stereocenters. The molecule has 0 aliphatic carbocycles. The van der Waals surface area contributed by atoms with Gasteiger partial charge in [-0.25, -0.2) is 0 Å². The van der Waals surface area contributed by atoms with Gasteiger partial charge in [-0.2, -0.15) is 15.3 Å². The number of aryl methyl sites for hydroxylation is 2. The fourth-order valence-electron chi connectivity index (χ4n) is 2.70. The van der Waals surface area contributed by atoms with Crippen LogP contribution in [0.1, 0.15) is 11.3 Å². The smallest absolute Gasteiger partial charge is 0.200 e. The van der Waals surface area contributed by atoms with Gasteiger partial charge in [-0.1, -0.05) is 30.3 Å². The van der Waals surface area contributed by atoms with E-state index in [1.165, 1.54) is 5.56 Å². The van der Waals surface area contributed by atoms with Gasteiger partial charge in [-0.05, 0) is 30.8 Å². The van der Waals surface area contributed by atoms with Gasteiger partial charge < -0.3 is 0 Å². The zero-order chi connectivity index (χ0) is 17.4. The van der Waals surface area contributed by atoms with Gasteiger partial charge in [-0.3, -0.25) is 19.0 Å². The Hall–Kier alpha value is -3.00. The molecule has 0 spiro atoms. The maximum atomic E-state index is 5.41. The number of H-pyrrole nitrogens is 1. The molecule has 0 atom stereocenters. The van der Waals surface area contributed by atoms with Gasteiger partial charge in [0.05, 0.1) is 18.4 Å². The molecule has 3 aromatic heterocycles. The third-order valence-corrected chi connectivity index (χ3v) is 4.35. The van der Waals surface area contributed by atoms with Crippen molar-refractivity contribution in [3.63, 3.8) is 0 Å². The van der Waals surface area contributed by atoms with Crippen molar-refractivity contribution in [1.82, 2.24) is 34.3 Å². The number of aromatic amines is 1. The Kier molecular flexibility index (Phi) is 3.81. The fraction of sp³-hybridized carbons (Fsp3) is 0.176. The average Bonchev–Trinajstić information content (AvgIpc) is 3.29. The minimum Gasteiger partial charge on any atom is -0.272 e. The summed E-state index contributed by atoms with van der Waals surface area (Å²) in [6.45, 7) is 2.70. The Morgan fingerprint density at radius 3 is 2.72 bits per heavy atom. The second-order valence-corrected chi connectivity index (χ2v) is 6.25. The van der Waals surface area contributed by atoms with Gasteiger partial charge in [-0.15, -0.1) is 0 Å². The van der Waals surface area contributed by atoms with E-state index in [2.05, 4.69) is 32.5 Å². The summed E-state index contributed by atoms with van der Waals surface area (Å²) in [6.07, 6.45) is 3.74. The summed E-state index contributed by atoms with van der Waals surface area (Å²) in [6, 6.07) is 12.2. The topological polar surface area (TPSA) is 69.2 Å². The molecule has 0 aliphatic rings. The first-order chi connectivity index (χ1) is 12.1. The molecule has 25 heavy (non-hydrogen) atoms. The van der Waals surface area contributed by atoms with Gasteiger partial charge >= 0.3 is 0 Å². The molecule has 7 nitrogen and oxygen atoms in total. The number of aromatic nitrogens is 7. The SMILES string of the molecule is Cc1cc(-c2n[nH]c(=S)n2-c2cnn(Cc3ccccc3)c2)nn1C. The molecular formula is C17H17N7S. The van der Waals surface area contributed by atoms with Crippen molar-refractivity contribution >= 4 is 12.2 Å². The molecule has 1 aromatic carbocycles. The van der Waals surface area contributed by atoms with Gasteiger partial charge in [0.15, 0.2) is 10.6 Å². The lowest BCUT2D eigenvalue weighted by Crippen LogP contribution is -2.00. The number of nitrogens with zero attached hydrogens (tertiary/aromatic N) is 6. The van der Waals surface area contributed by atoms with Crippen molar-refractivity contribution in [2.75, 3.05) is 0 Å². The average molecular weight is 351 g/mol. The van der Waals surface area contributed by atoms with Crippen molar-refractivity contribution in [2.45, 2.75) is 13.5 Å². The van der Waals surface area contributed by atoms with Gasteiger partial charge in [0, 0.05) is 18.9 Å². The van der Waals surface area contributed by atoms with E-state index in [0.717, 1.165) is 17.1 Å². The minimum atomic E-state index is 0.512. The Balaban J connectivity index is 1.71. The molecule has 0 radical (unpaired) electrons. The summed E-state index contributed by atoms with van der Waals surface area (Å²) in [5.41, 5.74) is 3.86. The summed E-state index contributed by atoms with van der Waals surface area (Å²) in [5, 5.41) is 16.1. The highest BCUT2D eigenvalue weighted by Crippen LogP contribution is 2.21. The van der Waals surface area contributed by atoms with E-state index < -0.39 is 0 Å². The Labute approximate surface area is 149 Å². The molecule has 4 aromatic rings. The largest absolute Gasteiger partial charge is 0.272 e. The van der Waals surface area contributed by atoms with Crippen LogP contribution in [0.25, 0.3) is 17.2 Å². The first-order valence-electron chi connectivity index (χ1n) is 7.87. The van der Waals surface area contributed by atoms with Crippen molar-refractivity contribution < 1.29 is 0 Å². The van der Waals surface area contributed by atoms with Crippen molar-refractivity contribution in [3.05, 3.63) is 64.8 Å². The van der Waals surface area contributed by atoms with Crippen LogP contribution < -0.4 is 0 Å². The van der Waals surface area contributed by atoms with Crippen molar-refractivity contribution in [2.24, 2.45) is 7.05 Å². The lowest BCUT2D eigenvalue weighted by molar-refractivity contribution is 0.686. The van der Waals surface area contributed by atoms with E-state index >= 15 is 0 Å². The van der Waals surface area contributed by atoms with Crippen LogP contribution >= 0.6 is 12.2 Å². The number of hydrogen-bond donors (Lipinski definition) is 1. The maximum Gasteiger partial charge on any atom is 0.200 e. The summed E-state index contributed by atoms with van der Waals surface area (Å²) < 4.78 is 6.06. The number of nitrogens with one attached hydrogen (secondary N) is 1. The van der Waals surface area contributed by atoms with Crippen LogP contribution in [0.2, 0.25) is 0 Å². The molecule has 8 heteroatoms. The number of benzene rings is 1. The molecule has 4 rings (SSSR count). The van der Waals surface area contributed by atoms with Crippen LogP contribution in [0, 0.1) is 11.7 Å². The van der Waals surface area contributed by atoms with E-state index in [0.29, 0.717) is 17.1 Å². The molecule has 0 amide bonds. The molecule has 0 saturated carbocycles. The summed E-state index contributed by atoms with van der Waals surface area (Å²) >= 11 is 5.41. The molecule has 1 N–H and O–H groups in total. The predicted molar refractivity (Wildman–Crippen MR) is 97.0 cm³/mol. The third kappa shape index (κ3) is 2.91. The zero-order valence-corrected chi connectivity index (χ0v) is 14.7. The molecule has 126 valence electrons. The quantitative estimate of drug-likeness (QED) is 0.574. The molecular weight excluding hydrogens is 334 g/mol. The van der Waals surface area contributed by atoms with Gasteiger partial charge in [0.2, 0.25) is 0 Å². The molecule has 0 bridgehead atoms. The zero-order valence-electron chi connectivity index (χ0n) is 13.9. The van der Waals surface area contributed by atoms with Crippen LogP contribution in [0.15, 0.2) is 48.8 Å². The Morgan fingerprint density at radius 2 is 2.00 bits per heavy atom. The first-order valence-corrected chi connectivity index (χ1v) is 8.28. The van der Waals surface area contributed by atoms with Gasteiger partial charge in [0.1, 0.15) is 5.69 Å². The standard InChI is InChI=1S/C17H17N7S/c1-12-8-15(21-22(12)2)16-19-20-17(25)24(16)14-9-18-23(11-14)10-13-6-4-3-5-7-13/h3-9,11H,10H2,1-2H3,(H,20,25). The molecule has 3 heterocycles. The molecule has 0 aliphatic heterocycles. The first kappa shape index (κ1) is 15.5. The number of hydrogen-bond acceptors (Lipinski definition) is 4. The van der Waals surface area contributed by atoms with E-state index in [-0.39, 0.29) is 0 Å². The fourth-order valence-corrected chi connectivity index (χ4v) is 2.94. The highest BCUT2D eigenvalue weighted by molar-refractivity contribution is 7.71. The predicted octanol–water partition coefficient (Wildman–Crippen LogP) is 2.88. The van der Waals surface area contributed by atoms with E-state index in [9.17, 15) is 0 Å². The van der Waals surface area contributed by atoms with E-state index in [4.69, 9.17) is 12.2 Å². The van der Waals surface area contributed by atoms with Crippen molar-refractivity contribution in [3.8, 4) is 17.2 Å². The highest BCUT2D eigenvalue weighted by Gasteiger charge is 2.15. The van der Waals surface area contributed by atoms with Crippen LogP contribution in [0.4, 0.5) is 0 Å². The van der Waals surface area contributed by atoms with Crippen LogP contribution in [0.5, 0.6) is 0 Å². The second-order valence-electron chi connectivity index (χ2n) is 5.86. The highest BCUT2D eigenvalue weighted by atomic mass is 32.1. The summed E-state index contributed by atoms with van der Waals surface area (Å²) in [5.74, 6) is 0.674. The monoisotopic (exact) mass is 351 g/mol. The second kappa shape index (κ2) is 6.14. The maximum absolute atomic E-state index is 5.41. The van der Waals surface area contributed by atoms with Crippen LogP contribution in [-0.4, -0.2) is 34.3 Å². The lowest BCUT2D eigenvalue weighted by atomic mass is 10.2. The Bertz CT molecular complexity index is 1050. The molecule has 0 fully saturated rings. The summed E-state index contributed by atoms with van der Waals surface area (Å²) in [4.78, 5) is 0. The Morgan fingerprint density at radius 1 is 1.20 bits per heavy atom. The normalized spacial score (nSPS) is 11.1. The van der Waals surface area contributed by atoms with Gasteiger partial charge in [0.25, 0.3) is 0 Å². The van der Waals surface area contributed by atoms with Crippen molar-refractivity contribution in [1.29, 1.82) is 0 Å². The van der Waals surface area contributed by atoms with E-state index in [1.807, 2.05) is 58.4 Å². The van der Waals surface area contributed by atoms with Crippen LogP contribution in [-0.2, 0) is 13.6 Å². The number of rotatable bonds is 4. The minimum absolute atomic E-state index is 0.512. The lowest BCUT2D eigenvalue weighted by Gasteiger charge is -2.02. The van der Waals surface area contributed by atoms with E-state index in [1.54, 1.807) is 6.20 Å². The molecule has 0 saturated heterocycles. The van der Waals surface area contributed by atoms with Crippen LogP contribution in [0.3, 0.4) is 0 Å².